The first-order valence-corrected chi connectivity index (χ1v) is 9.33. The van der Waals surface area contributed by atoms with Crippen LogP contribution in [-0.2, 0) is 6.54 Å². The second-order valence-electron chi connectivity index (χ2n) is 6.10. The molecule has 0 aliphatic carbocycles. The Hall–Kier alpha value is -3.45. The summed E-state index contributed by atoms with van der Waals surface area (Å²) < 4.78 is 0. The van der Waals surface area contributed by atoms with Crippen LogP contribution in [0.4, 0.5) is 5.00 Å². The Morgan fingerprint density at radius 2 is 1.57 bits per heavy atom. The van der Waals surface area contributed by atoms with Gasteiger partial charge in [-0.2, -0.15) is 0 Å². The SMILES string of the molecule is Cc1cc(C(=O)NCc2ccccc2)c(NC(=O)c2ccc(C(=O)O)cc2)s1. The molecule has 1 aromatic heterocycles. The van der Waals surface area contributed by atoms with E-state index in [0.29, 0.717) is 22.7 Å². The number of carboxylic acid groups (broad SMARTS) is 1. The highest BCUT2D eigenvalue weighted by atomic mass is 32.1. The summed E-state index contributed by atoms with van der Waals surface area (Å²) in [5, 5.41) is 15.0. The van der Waals surface area contributed by atoms with Crippen LogP contribution in [0.15, 0.2) is 60.7 Å². The first-order valence-electron chi connectivity index (χ1n) is 8.51. The van der Waals surface area contributed by atoms with Crippen molar-refractivity contribution in [2.45, 2.75) is 13.5 Å². The number of rotatable bonds is 6. The van der Waals surface area contributed by atoms with Crippen molar-refractivity contribution in [3.8, 4) is 0 Å². The number of aryl methyl sites for hydroxylation is 1. The zero-order valence-electron chi connectivity index (χ0n) is 15.1. The van der Waals surface area contributed by atoms with Crippen molar-refractivity contribution in [3.05, 3.63) is 87.8 Å². The third-order valence-electron chi connectivity index (χ3n) is 4.02. The van der Waals surface area contributed by atoms with E-state index in [0.717, 1.165) is 10.4 Å². The minimum Gasteiger partial charge on any atom is -0.478 e. The number of benzene rings is 2. The lowest BCUT2D eigenvalue weighted by Crippen LogP contribution is -2.24. The van der Waals surface area contributed by atoms with E-state index in [2.05, 4.69) is 10.6 Å². The molecule has 3 rings (SSSR count). The largest absolute Gasteiger partial charge is 0.478 e. The van der Waals surface area contributed by atoms with Crippen molar-refractivity contribution >= 4 is 34.1 Å². The van der Waals surface area contributed by atoms with Crippen LogP contribution in [-0.4, -0.2) is 22.9 Å². The molecule has 6 nitrogen and oxygen atoms in total. The third-order valence-corrected chi connectivity index (χ3v) is 4.98. The molecule has 0 atom stereocenters. The fourth-order valence-corrected chi connectivity index (χ4v) is 3.49. The number of carboxylic acids is 1. The standard InChI is InChI=1S/C21H18N2O4S/c1-13-11-17(19(25)22-12-14-5-3-2-4-6-14)20(28-13)23-18(24)15-7-9-16(10-8-15)21(26)27/h2-11H,12H2,1H3,(H,22,25)(H,23,24)(H,26,27). The number of carbonyl (C=O) groups excluding carboxylic acids is 2. The van der Waals surface area contributed by atoms with Gasteiger partial charge >= 0.3 is 5.97 Å². The highest BCUT2D eigenvalue weighted by molar-refractivity contribution is 7.16. The lowest BCUT2D eigenvalue weighted by molar-refractivity contribution is 0.0696. The van der Waals surface area contributed by atoms with Crippen molar-refractivity contribution in [3.63, 3.8) is 0 Å². The molecule has 0 bridgehead atoms. The molecule has 142 valence electrons. The first-order chi connectivity index (χ1) is 13.4. The van der Waals surface area contributed by atoms with Crippen molar-refractivity contribution in [1.82, 2.24) is 5.32 Å². The first kappa shape index (κ1) is 19.3. The molecule has 3 aromatic rings. The van der Waals surface area contributed by atoms with Crippen molar-refractivity contribution in [1.29, 1.82) is 0 Å². The van der Waals surface area contributed by atoms with Gasteiger partial charge in [-0.05, 0) is 42.8 Å². The molecular formula is C21H18N2O4S. The highest BCUT2D eigenvalue weighted by Gasteiger charge is 2.18. The molecule has 3 N–H and O–H groups in total. The Morgan fingerprint density at radius 1 is 0.929 bits per heavy atom. The molecule has 0 spiro atoms. The van der Waals surface area contributed by atoms with Gasteiger partial charge in [0.1, 0.15) is 5.00 Å². The number of hydrogen-bond donors (Lipinski definition) is 3. The molecule has 0 fully saturated rings. The maximum Gasteiger partial charge on any atom is 0.335 e. The number of amides is 2. The normalized spacial score (nSPS) is 10.3. The van der Waals surface area contributed by atoms with E-state index < -0.39 is 11.9 Å². The van der Waals surface area contributed by atoms with Crippen LogP contribution < -0.4 is 10.6 Å². The average Bonchev–Trinajstić information content (AvgIpc) is 3.07. The average molecular weight is 394 g/mol. The maximum absolute atomic E-state index is 12.6. The zero-order chi connectivity index (χ0) is 20.1. The number of hydrogen-bond acceptors (Lipinski definition) is 4. The van der Waals surface area contributed by atoms with Crippen molar-refractivity contribution in [2.75, 3.05) is 5.32 Å². The molecule has 28 heavy (non-hydrogen) atoms. The zero-order valence-corrected chi connectivity index (χ0v) is 15.9. The summed E-state index contributed by atoms with van der Waals surface area (Å²) >= 11 is 1.31. The third kappa shape index (κ3) is 4.63. The van der Waals surface area contributed by atoms with E-state index in [-0.39, 0.29) is 11.5 Å². The highest BCUT2D eigenvalue weighted by Crippen LogP contribution is 2.28. The van der Waals surface area contributed by atoms with Crippen molar-refractivity contribution in [2.24, 2.45) is 0 Å². The quantitative estimate of drug-likeness (QED) is 0.590. The van der Waals surface area contributed by atoms with Gasteiger partial charge in [-0.1, -0.05) is 30.3 Å². The molecule has 0 aliphatic heterocycles. The number of aromatic carboxylic acids is 1. The van der Waals surface area contributed by atoms with Crippen LogP contribution in [0.2, 0.25) is 0 Å². The van der Waals surface area contributed by atoms with Crippen LogP contribution in [0.25, 0.3) is 0 Å². The second-order valence-corrected chi connectivity index (χ2v) is 7.36. The van der Waals surface area contributed by atoms with E-state index in [1.165, 1.54) is 35.6 Å². The predicted octanol–water partition coefficient (Wildman–Crippen LogP) is 3.94. The van der Waals surface area contributed by atoms with Crippen LogP contribution in [0.1, 0.15) is 41.5 Å². The Balaban J connectivity index is 1.71. The number of carbonyl (C=O) groups is 3. The Bertz CT molecular complexity index is 1010. The molecule has 0 aliphatic rings. The van der Waals surface area contributed by atoms with E-state index in [1.807, 2.05) is 37.3 Å². The molecule has 2 amide bonds. The number of nitrogens with one attached hydrogen (secondary N) is 2. The summed E-state index contributed by atoms with van der Waals surface area (Å²) in [5.41, 5.74) is 1.79. The molecular weight excluding hydrogens is 376 g/mol. The van der Waals surface area contributed by atoms with Gasteiger partial charge in [0.15, 0.2) is 0 Å². The molecule has 0 unspecified atom stereocenters. The molecule has 2 aromatic carbocycles. The topological polar surface area (TPSA) is 95.5 Å². The summed E-state index contributed by atoms with van der Waals surface area (Å²) in [7, 11) is 0. The Labute approximate surface area is 165 Å². The predicted molar refractivity (Wildman–Crippen MR) is 108 cm³/mol. The van der Waals surface area contributed by atoms with Gasteiger partial charge in [0.2, 0.25) is 0 Å². The van der Waals surface area contributed by atoms with Gasteiger partial charge in [0, 0.05) is 17.0 Å². The van der Waals surface area contributed by atoms with Crippen molar-refractivity contribution < 1.29 is 19.5 Å². The van der Waals surface area contributed by atoms with Gasteiger partial charge in [0.05, 0.1) is 11.1 Å². The Morgan fingerprint density at radius 3 is 2.21 bits per heavy atom. The maximum atomic E-state index is 12.6. The summed E-state index contributed by atoms with van der Waals surface area (Å²) in [6.45, 7) is 2.24. The Kier molecular flexibility index (Phi) is 5.86. The van der Waals surface area contributed by atoms with Crippen LogP contribution >= 0.6 is 11.3 Å². The van der Waals surface area contributed by atoms with E-state index in [4.69, 9.17) is 5.11 Å². The van der Waals surface area contributed by atoms with Gasteiger partial charge in [0.25, 0.3) is 11.8 Å². The van der Waals surface area contributed by atoms with Crippen LogP contribution in [0, 0.1) is 6.92 Å². The summed E-state index contributed by atoms with van der Waals surface area (Å²) in [5.74, 6) is -1.74. The van der Waals surface area contributed by atoms with Crippen LogP contribution in [0.5, 0.6) is 0 Å². The summed E-state index contributed by atoms with van der Waals surface area (Å²) in [4.78, 5) is 36.9. The van der Waals surface area contributed by atoms with Gasteiger partial charge in [-0.3, -0.25) is 9.59 Å². The smallest absolute Gasteiger partial charge is 0.335 e. The molecule has 0 saturated heterocycles. The lowest BCUT2D eigenvalue weighted by atomic mass is 10.1. The fraction of sp³-hybridized carbons (Fsp3) is 0.0952. The minimum atomic E-state index is -1.06. The fourth-order valence-electron chi connectivity index (χ4n) is 2.59. The second kappa shape index (κ2) is 8.49. The van der Waals surface area contributed by atoms with Gasteiger partial charge in [-0.15, -0.1) is 11.3 Å². The van der Waals surface area contributed by atoms with E-state index in [9.17, 15) is 14.4 Å². The molecule has 0 saturated carbocycles. The molecule has 0 radical (unpaired) electrons. The molecule has 7 heteroatoms. The monoisotopic (exact) mass is 394 g/mol. The van der Waals surface area contributed by atoms with E-state index in [1.54, 1.807) is 6.07 Å². The van der Waals surface area contributed by atoms with E-state index >= 15 is 0 Å². The number of anilines is 1. The minimum absolute atomic E-state index is 0.101. The van der Waals surface area contributed by atoms with Crippen LogP contribution in [0.3, 0.4) is 0 Å². The summed E-state index contributed by atoms with van der Waals surface area (Å²) in [6.07, 6.45) is 0. The number of thiophene rings is 1. The summed E-state index contributed by atoms with van der Waals surface area (Å²) in [6, 6.07) is 16.9. The molecule has 1 heterocycles. The van der Waals surface area contributed by atoms with Gasteiger partial charge in [-0.25, -0.2) is 4.79 Å². The lowest BCUT2D eigenvalue weighted by Gasteiger charge is -2.08. The van der Waals surface area contributed by atoms with Gasteiger partial charge < -0.3 is 15.7 Å².